The van der Waals surface area contributed by atoms with Crippen molar-refractivity contribution >= 4 is 11.3 Å². The molecule has 23 heavy (non-hydrogen) atoms. The first-order chi connectivity index (χ1) is 11.2. The Labute approximate surface area is 142 Å². The average Bonchev–Trinajstić information content (AvgIpc) is 3.11. The Morgan fingerprint density at radius 2 is 2.13 bits per heavy atom. The van der Waals surface area contributed by atoms with Gasteiger partial charge in [-0.25, -0.2) is 0 Å². The molecule has 0 amide bonds. The molecule has 124 valence electrons. The Morgan fingerprint density at radius 1 is 1.35 bits per heavy atom. The van der Waals surface area contributed by atoms with Crippen LogP contribution in [0, 0.1) is 28.6 Å². The van der Waals surface area contributed by atoms with Gasteiger partial charge < -0.3 is 9.64 Å². The smallest absolute Gasteiger partial charge is 0.0669 e. The molecule has 0 aliphatic carbocycles. The summed E-state index contributed by atoms with van der Waals surface area (Å²) in [5.74, 6) is -0.0756. The fourth-order valence-corrected chi connectivity index (χ4v) is 3.79. The van der Waals surface area contributed by atoms with Crippen LogP contribution in [0.25, 0.3) is 0 Å². The lowest BCUT2D eigenvalue weighted by Crippen LogP contribution is -2.43. The Hall–Kier alpha value is -1.44. The largest absolute Gasteiger partial charge is 0.379 e. The summed E-state index contributed by atoms with van der Waals surface area (Å²) in [5, 5.41) is 20.1. The van der Waals surface area contributed by atoms with Gasteiger partial charge in [-0.1, -0.05) is 6.07 Å². The summed E-state index contributed by atoms with van der Waals surface area (Å²) in [5.41, 5.74) is 0. The highest BCUT2D eigenvalue weighted by molar-refractivity contribution is 7.10. The van der Waals surface area contributed by atoms with E-state index in [4.69, 9.17) is 10.00 Å². The first-order valence-corrected chi connectivity index (χ1v) is 8.93. The van der Waals surface area contributed by atoms with Crippen LogP contribution < -0.4 is 0 Å². The second kappa shape index (κ2) is 9.64. The number of hydrogen-bond acceptors (Lipinski definition) is 6. The van der Waals surface area contributed by atoms with Crippen molar-refractivity contribution in [1.29, 1.82) is 10.5 Å². The quantitative estimate of drug-likeness (QED) is 0.732. The van der Waals surface area contributed by atoms with Gasteiger partial charge in [0.25, 0.3) is 0 Å². The molecule has 2 rings (SSSR count). The van der Waals surface area contributed by atoms with Gasteiger partial charge in [0.15, 0.2) is 0 Å². The number of ether oxygens (including phenoxy) is 1. The number of hydrogen-bond donors (Lipinski definition) is 0. The maximum absolute atomic E-state index is 9.26. The summed E-state index contributed by atoms with van der Waals surface area (Å²) in [6.45, 7) is 5.08. The minimum absolute atomic E-state index is 0.0756. The van der Waals surface area contributed by atoms with Crippen molar-refractivity contribution in [2.45, 2.75) is 18.9 Å². The third-order valence-electron chi connectivity index (χ3n) is 4.16. The first kappa shape index (κ1) is 17.9. The topological polar surface area (TPSA) is 63.3 Å². The van der Waals surface area contributed by atoms with E-state index in [0.29, 0.717) is 25.4 Å². The molecule has 5 nitrogen and oxygen atoms in total. The molecule has 1 fully saturated rings. The average molecular weight is 332 g/mol. The standard InChI is InChI=1S/C17H24N4OS/c1-20(13-15(12-19)4-2-6-18)14-16(17-5-3-11-23-17)21-7-9-22-10-8-21/h3,5,11,15-16H,2,4,7-10,13-14H2,1H3/t15-,16+/m1/s1. The van der Waals surface area contributed by atoms with Gasteiger partial charge in [0.05, 0.1) is 37.3 Å². The zero-order chi connectivity index (χ0) is 16.5. The number of nitrogens with zero attached hydrogens (tertiary/aromatic N) is 4. The molecule has 0 saturated carbocycles. The minimum Gasteiger partial charge on any atom is -0.379 e. The second-order valence-corrected chi connectivity index (χ2v) is 6.90. The lowest BCUT2D eigenvalue weighted by atomic mass is 10.0. The van der Waals surface area contributed by atoms with Crippen molar-refractivity contribution in [3.05, 3.63) is 22.4 Å². The molecule has 2 atom stereocenters. The van der Waals surface area contributed by atoms with Crippen molar-refractivity contribution < 1.29 is 4.74 Å². The van der Waals surface area contributed by atoms with Gasteiger partial charge in [-0.05, 0) is 24.9 Å². The molecule has 2 heterocycles. The molecule has 0 aromatic carbocycles. The molecule has 1 aliphatic heterocycles. The third-order valence-corrected chi connectivity index (χ3v) is 5.14. The molecule has 0 spiro atoms. The highest BCUT2D eigenvalue weighted by Crippen LogP contribution is 2.27. The van der Waals surface area contributed by atoms with Gasteiger partial charge in [-0.2, -0.15) is 10.5 Å². The van der Waals surface area contributed by atoms with E-state index < -0.39 is 0 Å². The molecule has 6 heteroatoms. The van der Waals surface area contributed by atoms with E-state index in [0.717, 1.165) is 32.8 Å². The summed E-state index contributed by atoms with van der Waals surface area (Å²) >= 11 is 1.79. The SMILES string of the molecule is CN(C[C@@H](C#N)CCC#N)C[C@@H](c1cccs1)N1CCOCC1. The molecule has 1 aromatic heterocycles. The summed E-state index contributed by atoms with van der Waals surface area (Å²) < 4.78 is 5.47. The molecule has 0 N–H and O–H groups in total. The maximum Gasteiger partial charge on any atom is 0.0669 e. The maximum atomic E-state index is 9.26. The van der Waals surface area contributed by atoms with Crippen molar-refractivity contribution in [1.82, 2.24) is 9.80 Å². The van der Waals surface area contributed by atoms with Crippen LogP contribution in [0.5, 0.6) is 0 Å². The molecule has 0 radical (unpaired) electrons. The molecule has 1 aliphatic rings. The van der Waals surface area contributed by atoms with Crippen LogP contribution >= 0.6 is 11.3 Å². The van der Waals surface area contributed by atoms with Gasteiger partial charge in [-0.3, -0.25) is 4.90 Å². The molecule has 0 unspecified atom stereocenters. The van der Waals surface area contributed by atoms with Crippen molar-refractivity contribution in [3.63, 3.8) is 0 Å². The van der Waals surface area contributed by atoms with E-state index in [1.165, 1.54) is 4.88 Å². The minimum atomic E-state index is -0.0756. The Balaban J connectivity index is 1.97. The van der Waals surface area contributed by atoms with Gasteiger partial charge in [0.2, 0.25) is 0 Å². The van der Waals surface area contributed by atoms with Crippen molar-refractivity contribution in [3.8, 4) is 12.1 Å². The monoisotopic (exact) mass is 332 g/mol. The first-order valence-electron chi connectivity index (χ1n) is 8.05. The van der Waals surface area contributed by atoms with Crippen molar-refractivity contribution in [2.24, 2.45) is 5.92 Å². The van der Waals surface area contributed by atoms with Crippen LogP contribution in [-0.2, 0) is 4.74 Å². The van der Waals surface area contributed by atoms with Gasteiger partial charge in [-0.15, -0.1) is 11.3 Å². The van der Waals surface area contributed by atoms with Crippen LogP contribution in [0.3, 0.4) is 0 Å². The Kier molecular flexibility index (Phi) is 7.51. The lowest BCUT2D eigenvalue weighted by molar-refractivity contribution is 0.00959. The van der Waals surface area contributed by atoms with Crippen LogP contribution in [0.15, 0.2) is 17.5 Å². The predicted molar refractivity (Wildman–Crippen MR) is 90.9 cm³/mol. The Bertz CT molecular complexity index is 528. The number of morpholine rings is 1. The van der Waals surface area contributed by atoms with E-state index >= 15 is 0 Å². The molecular weight excluding hydrogens is 308 g/mol. The highest BCUT2D eigenvalue weighted by Gasteiger charge is 2.25. The van der Waals surface area contributed by atoms with Gasteiger partial charge in [0.1, 0.15) is 0 Å². The van der Waals surface area contributed by atoms with Crippen LogP contribution in [0.2, 0.25) is 0 Å². The summed E-state index contributed by atoms with van der Waals surface area (Å²) in [6.07, 6.45) is 1.10. The Morgan fingerprint density at radius 3 is 2.74 bits per heavy atom. The van der Waals surface area contributed by atoms with E-state index in [9.17, 15) is 5.26 Å². The third kappa shape index (κ3) is 5.60. The number of likely N-dealkylation sites (N-methyl/N-ethyl adjacent to an activating group) is 1. The second-order valence-electron chi connectivity index (χ2n) is 5.92. The zero-order valence-corrected chi connectivity index (χ0v) is 14.5. The van der Waals surface area contributed by atoms with E-state index in [2.05, 4.69) is 46.5 Å². The number of rotatable bonds is 8. The molecular formula is C17H24N4OS. The van der Waals surface area contributed by atoms with Crippen LogP contribution in [0.4, 0.5) is 0 Å². The molecule has 1 saturated heterocycles. The highest BCUT2D eigenvalue weighted by atomic mass is 32.1. The summed E-state index contributed by atoms with van der Waals surface area (Å²) in [6, 6.07) is 9.09. The fraction of sp³-hybridized carbons (Fsp3) is 0.647. The molecule has 0 bridgehead atoms. The van der Waals surface area contributed by atoms with Gasteiger partial charge >= 0.3 is 0 Å². The van der Waals surface area contributed by atoms with E-state index in [1.807, 2.05) is 0 Å². The van der Waals surface area contributed by atoms with E-state index in [-0.39, 0.29) is 5.92 Å². The summed E-state index contributed by atoms with van der Waals surface area (Å²) in [4.78, 5) is 6.07. The van der Waals surface area contributed by atoms with Crippen molar-refractivity contribution in [2.75, 3.05) is 46.4 Å². The fourth-order valence-electron chi connectivity index (χ4n) is 2.94. The zero-order valence-electron chi connectivity index (χ0n) is 13.6. The number of nitriles is 2. The lowest BCUT2D eigenvalue weighted by Gasteiger charge is -2.36. The summed E-state index contributed by atoms with van der Waals surface area (Å²) in [7, 11) is 2.07. The number of thiophene rings is 1. The van der Waals surface area contributed by atoms with Gasteiger partial charge in [0, 0.05) is 37.5 Å². The van der Waals surface area contributed by atoms with E-state index in [1.54, 1.807) is 11.3 Å². The molecule has 1 aromatic rings. The predicted octanol–water partition coefficient (Wildman–Crippen LogP) is 2.50. The van der Waals surface area contributed by atoms with Crippen LogP contribution in [0.1, 0.15) is 23.8 Å². The van der Waals surface area contributed by atoms with Crippen LogP contribution in [-0.4, -0.2) is 56.2 Å². The normalized spacial score (nSPS) is 18.3.